The number of benzene rings is 3. The maximum Gasteiger partial charge on any atom is 0.259 e. The molecule has 0 radical (unpaired) electrons. The van der Waals surface area contributed by atoms with Crippen LogP contribution in [-0.4, -0.2) is 52.3 Å². The topological polar surface area (TPSA) is 89.1 Å². The van der Waals surface area contributed by atoms with Gasteiger partial charge in [0, 0.05) is 28.8 Å². The first-order chi connectivity index (χ1) is 18.2. The van der Waals surface area contributed by atoms with Gasteiger partial charge >= 0.3 is 0 Å². The van der Waals surface area contributed by atoms with Crippen LogP contribution in [0.5, 0.6) is 11.5 Å². The Balaban J connectivity index is 1.69. The highest BCUT2D eigenvalue weighted by Gasteiger charge is 2.22. The molecule has 1 aliphatic rings. The lowest BCUT2D eigenvalue weighted by Crippen LogP contribution is -2.36. The van der Waals surface area contributed by atoms with Gasteiger partial charge in [-0.3, -0.25) is 9.59 Å². The minimum Gasteiger partial charge on any atom is -0.494 e. The van der Waals surface area contributed by atoms with Gasteiger partial charge in [0.1, 0.15) is 11.5 Å². The van der Waals surface area contributed by atoms with E-state index in [9.17, 15) is 9.59 Å². The van der Waals surface area contributed by atoms with Gasteiger partial charge < -0.3 is 29.7 Å². The SMILES string of the molecule is COc1c(Cl)cc(Cl)cc1C(=O)Nc1ccc(N2CCOCC2)c(NC(=O)c2cc(Cl)cc(Cl)c2OC)c1. The average Bonchev–Trinajstić information content (AvgIpc) is 2.88. The van der Waals surface area contributed by atoms with Crippen molar-refractivity contribution in [2.45, 2.75) is 0 Å². The van der Waals surface area contributed by atoms with E-state index in [-0.39, 0.29) is 42.7 Å². The van der Waals surface area contributed by atoms with Crippen LogP contribution >= 0.6 is 46.4 Å². The highest BCUT2D eigenvalue weighted by Crippen LogP contribution is 2.36. The number of ether oxygens (including phenoxy) is 3. The maximum atomic E-state index is 13.4. The highest BCUT2D eigenvalue weighted by molar-refractivity contribution is 6.37. The Morgan fingerprint density at radius 3 is 1.84 bits per heavy atom. The quantitative estimate of drug-likeness (QED) is 0.316. The Morgan fingerprint density at radius 1 is 0.789 bits per heavy atom. The van der Waals surface area contributed by atoms with Crippen molar-refractivity contribution in [2.24, 2.45) is 0 Å². The van der Waals surface area contributed by atoms with Crippen molar-refractivity contribution in [3.63, 3.8) is 0 Å². The average molecular weight is 599 g/mol. The van der Waals surface area contributed by atoms with Gasteiger partial charge in [0.25, 0.3) is 11.8 Å². The molecule has 2 amide bonds. The summed E-state index contributed by atoms with van der Waals surface area (Å²) in [4.78, 5) is 28.6. The summed E-state index contributed by atoms with van der Waals surface area (Å²) in [7, 11) is 2.82. The number of nitrogens with zero attached hydrogens (tertiary/aromatic N) is 1. The second-order valence-corrected chi connectivity index (χ2v) is 9.86. The maximum absolute atomic E-state index is 13.4. The molecule has 200 valence electrons. The largest absolute Gasteiger partial charge is 0.494 e. The Hall–Kier alpha value is -2.88. The second kappa shape index (κ2) is 12.3. The fraction of sp³-hybridized carbons (Fsp3) is 0.231. The molecule has 0 atom stereocenters. The number of anilines is 3. The summed E-state index contributed by atoms with van der Waals surface area (Å²) in [6.07, 6.45) is 0. The third-order valence-corrected chi connectivity index (χ3v) is 6.77. The number of morpholine rings is 1. The van der Waals surface area contributed by atoms with E-state index in [0.717, 1.165) is 5.69 Å². The van der Waals surface area contributed by atoms with Crippen LogP contribution in [0.3, 0.4) is 0 Å². The third kappa shape index (κ3) is 6.22. The summed E-state index contributed by atoms with van der Waals surface area (Å²) >= 11 is 24.7. The van der Waals surface area contributed by atoms with Crippen molar-refractivity contribution in [3.05, 3.63) is 73.7 Å². The molecule has 3 aromatic carbocycles. The number of nitrogens with one attached hydrogen (secondary N) is 2. The molecule has 4 rings (SSSR count). The number of amides is 2. The standard InChI is InChI=1S/C26H23Cl4N3O5/c1-36-23-17(9-14(27)11-19(23)29)25(34)31-16-3-4-22(33-5-7-38-8-6-33)21(13-16)32-26(35)18-10-15(28)12-20(30)24(18)37-2/h3-4,9-13H,5-8H2,1-2H3,(H,31,34)(H,32,35). The first-order valence-electron chi connectivity index (χ1n) is 11.4. The molecule has 1 fully saturated rings. The van der Waals surface area contributed by atoms with E-state index in [1.807, 2.05) is 0 Å². The summed E-state index contributed by atoms with van der Waals surface area (Å²) in [5.74, 6) is -0.605. The van der Waals surface area contributed by atoms with Crippen molar-refractivity contribution in [2.75, 3.05) is 56.1 Å². The predicted octanol–water partition coefficient (Wildman–Crippen LogP) is 6.66. The molecule has 3 aromatic rings. The van der Waals surface area contributed by atoms with Gasteiger partial charge in [-0.05, 0) is 42.5 Å². The summed E-state index contributed by atoms with van der Waals surface area (Å²) < 4.78 is 16.1. The summed E-state index contributed by atoms with van der Waals surface area (Å²) in [5.41, 5.74) is 1.92. The van der Waals surface area contributed by atoms with E-state index in [4.69, 9.17) is 60.6 Å². The van der Waals surface area contributed by atoms with Crippen molar-refractivity contribution in [3.8, 4) is 11.5 Å². The molecule has 2 N–H and O–H groups in total. The van der Waals surface area contributed by atoms with Crippen LogP contribution in [0.25, 0.3) is 0 Å². The van der Waals surface area contributed by atoms with E-state index in [1.54, 1.807) is 18.2 Å². The zero-order valence-corrected chi connectivity index (χ0v) is 23.4. The number of carbonyl (C=O) groups excluding carboxylic acids is 2. The van der Waals surface area contributed by atoms with E-state index < -0.39 is 11.8 Å². The molecule has 0 saturated carbocycles. The van der Waals surface area contributed by atoms with Gasteiger partial charge in [-0.1, -0.05) is 46.4 Å². The molecule has 1 saturated heterocycles. The molecule has 1 heterocycles. The fourth-order valence-electron chi connectivity index (χ4n) is 4.05. The van der Waals surface area contributed by atoms with E-state index in [2.05, 4.69) is 15.5 Å². The van der Waals surface area contributed by atoms with E-state index >= 15 is 0 Å². The van der Waals surface area contributed by atoms with Crippen LogP contribution in [0.1, 0.15) is 20.7 Å². The summed E-state index contributed by atoms with van der Waals surface area (Å²) in [5, 5.41) is 6.70. The van der Waals surface area contributed by atoms with Crippen LogP contribution in [0, 0.1) is 0 Å². The van der Waals surface area contributed by atoms with Crippen LogP contribution in [0.2, 0.25) is 20.1 Å². The van der Waals surface area contributed by atoms with Crippen molar-refractivity contribution in [1.82, 2.24) is 0 Å². The molecule has 0 aromatic heterocycles. The van der Waals surface area contributed by atoms with Gasteiger partial charge in [-0.15, -0.1) is 0 Å². The number of carbonyl (C=O) groups is 2. The number of halogens is 4. The van der Waals surface area contributed by atoms with Gasteiger partial charge in [0.15, 0.2) is 0 Å². The van der Waals surface area contributed by atoms with Crippen LogP contribution in [0.4, 0.5) is 17.1 Å². The molecule has 12 heteroatoms. The molecule has 0 aliphatic carbocycles. The van der Waals surface area contributed by atoms with Crippen molar-refractivity contribution in [1.29, 1.82) is 0 Å². The van der Waals surface area contributed by atoms with E-state index in [0.29, 0.717) is 37.7 Å². The van der Waals surface area contributed by atoms with Crippen molar-refractivity contribution >= 4 is 75.3 Å². The Morgan fingerprint density at radius 2 is 1.32 bits per heavy atom. The lowest BCUT2D eigenvalue weighted by molar-refractivity contribution is 0.101. The second-order valence-electron chi connectivity index (χ2n) is 8.18. The minimum atomic E-state index is -0.494. The third-order valence-electron chi connectivity index (χ3n) is 5.77. The van der Waals surface area contributed by atoms with E-state index in [1.165, 1.54) is 38.5 Å². The lowest BCUT2D eigenvalue weighted by Gasteiger charge is -2.31. The van der Waals surface area contributed by atoms with Crippen LogP contribution < -0.4 is 25.0 Å². The molecule has 38 heavy (non-hydrogen) atoms. The monoisotopic (exact) mass is 597 g/mol. The van der Waals surface area contributed by atoms with Crippen molar-refractivity contribution < 1.29 is 23.8 Å². The number of hydrogen-bond acceptors (Lipinski definition) is 6. The fourth-order valence-corrected chi connectivity index (χ4v) is 5.20. The van der Waals surface area contributed by atoms with Gasteiger partial charge in [-0.2, -0.15) is 0 Å². The van der Waals surface area contributed by atoms with Gasteiger partial charge in [0.05, 0.1) is 60.0 Å². The Bertz CT molecular complexity index is 1380. The summed E-state index contributed by atoms with van der Waals surface area (Å²) in [6.45, 7) is 2.33. The molecular weight excluding hydrogens is 576 g/mol. The molecule has 0 unspecified atom stereocenters. The smallest absolute Gasteiger partial charge is 0.259 e. The molecule has 0 spiro atoms. The zero-order valence-electron chi connectivity index (χ0n) is 20.4. The minimum absolute atomic E-state index is 0.158. The molecule has 1 aliphatic heterocycles. The van der Waals surface area contributed by atoms with Gasteiger partial charge in [-0.25, -0.2) is 0 Å². The van der Waals surface area contributed by atoms with Crippen LogP contribution in [-0.2, 0) is 4.74 Å². The first-order valence-corrected chi connectivity index (χ1v) is 12.9. The Labute approximate surface area is 239 Å². The number of methoxy groups -OCH3 is 2. The molecule has 8 nitrogen and oxygen atoms in total. The zero-order chi connectivity index (χ0) is 27.4. The van der Waals surface area contributed by atoms with Crippen LogP contribution in [0.15, 0.2) is 42.5 Å². The number of rotatable bonds is 7. The lowest BCUT2D eigenvalue weighted by atomic mass is 10.1. The molecular formula is C26H23Cl4N3O5. The summed E-state index contributed by atoms with van der Waals surface area (Å²) in [6, 6.07) is 11.1. The first kappa shape index (κ1) is 28.1. The van der Waals surface area contributed by atoms with Gasteiger partial charge in [0.2, 0.25) is 0 Å². The number of hydrogen-bond donors (Lipinski definition) is 2. The normalized spacial score (nSPS) is 13.2. The Kier molecular flexibility index (Phi) is 9.12. The highest BCUT2D eigenvalue weighted by atomic mass is 35.5. The predicted molar refractivity (Wildman–Crippen MR) is 151 cm³/mol. The molecule has 0 bridgehead atoms.